The van der Waals surface area contributed by atoms with Gasteiger partial charge in [-0.25, -0.2) is 0 Å². The van der Waals surface area contributed by atoms with Crippen LogP contribution in [0.4, 0.5) is 0 Å². The van der Waals surface area contributed by atoms with Gasteiger partial charge < -0.3 is 14.7 Å². The van der Waals surface area contributed by atoms with Crippen molar-refractivity contribution in [2.75, 3.05) is 46.4 Å². The van der Waals surface area contributed by atoms with Crippen LogP contribution in [0.3, 0.4) is 0 Å². The maximum absolute atomic E-state index is 11.7. The van der Waals surface area contributed by atoms with Crippen LogP contribution in [0.15, 0.2) is 0 Å². The van der Waals surface area contributed by atoms with Crippen LogP contribution < -0.4 is 0 Å². The minimum atomic E-state index is -0.321. The van der Waals surface area contributed by atoms with E-state index in [0.717, 1.165) is 19.5 Å². The molecule has 1 N–H and O–H groups in total. The molecule has 5 heteroatoms. The van der Waals surface area contributed by atoms with Gasteiger partial charge in [-0.2, -0.15) is 0 Å². The van der Waals surface area contributed by atoms with Gasteiger partial charge >= 0.3 is 0 Å². The van der Waals surface area contributed by atoms with E-state index in [1.807, 2.05) is 16.7 Å². The smallest absolute Gasteiger partial charge is 0.236 e. The fourth-order valence-corrected chi connectivity index (χ4v) is 1.78. The summed E-state index contributed by atoms with van der Waals surface area (Å²) in [5.41, 5.74) is 0. The molecular formula is C11H22N2O3. The summed E-state index contributed by atoms with van der Waals surface area (Å²) in [5.74, 6) is 0.131. The van der Waals surface area contributed by atoms with Gasteiger partial charge in [-0.05, 0) is 6.42 Å². The van der Waals surface area contributed by atoms with E-state index in [4.69, 9.17) is 4.74 Å². The van der Waals surface area contributed by atoms with E-state index in [9.17, 15) is 9.90 Å². The average molecular weight is 230 g/mol. The third kappa shape index (κ3) is 4.08. The molecule has 0 aromatic heterocycles. The first-order valence-corrected chi connectivity index (χ1v) is 5.84. The van der Waals surface area contributed by atoms with Gasteiger partial charge in [-0.1, -0.05) is 6.92 Å². The maximum Gasteiger partial charge on any atom is 0.236 e. The molecule has 0 aromatic rings. The van der Waals surface area contributed by atoms with Crippen LogP contribution in [0.1, 0.15) is 13.3 Å². The van der Waals surface area contributed by atoms with Gasteiger partial charge in [0.2, 0.25) is 5.91 Å². The zero-order chi connectivity index (χ0) is 12.0. The molecule has 1 fully saturated rings. The zero-order valence-electron chi connectivity index (χ0n) is 10.2. The highest BCUT2D eigenvalue weighted by atomic mass is 16.5. The summed E-state index contributed by atoms with van der Waals surface area (Å²) in [7, 11) is 1.64. The average Bonchev–Trinajstić information content (AvgIpc) is 2.28. The number of hydrogen-bond acceptors (Lipinski definition) is 4. The first-order chi connectivity index (χ1) is 7.67. The highest BCUT2D eigenvalue weighted by molar-refractivity contribution is 5.79. The van der Waals surface area contributed by atoms with E-state index in [-0.39, 0.29) is 12.0 Å². The molecule has 0 bridgehead atoms. The lowest BCUT2D eigenvalue weighted by atomic mass is 10.2. The number of ether oxygens (including phenoxy) is 1. The number of methoxy groups -OCH3 is 1. The van der Waals surface area contributed by atoms with Crippen molar-refractivity contribution in [3.8, 4) is 0 Å². The Balaban J connectivity index is 2.30. The summed E-state index contributed by atoms with van der Waals surface area (Å²) in [6.07, 6.45) is 0.413. The van der Waals surface area contributed by atoms with Crippen molar-refractivity contribution in [1.82, 2.24) is 9.80 Å². The van der Waals surface area contributed by atoms with Crippen LogP contribution in [0.2, 0.25) is 0 Å². The second kappa shape index (κ2) is 6.83. The molecule has 0 aromatic carbocycles. The van der Waals surface area contributed by atoms with Crippen molar-refractivity contribution >= 4 is 5.91 Å². The molecule has 0 aliphatic carbocycles. The molecule has 1 atom stereocenters. The highest BCUT2D eigenvalue weighted by Gasteiger charge is 2.24. The Bertz CT molecular complexity index is 223. The molecule has 1 heterocycles. The molecule has 1 rings (SSSR count). The lowest BCUT2D eigenvalue weighted by Crippen LogP contribution is -2.52. The Morgan fingerprint density at radius 3 is 2.81 bits per heavy atom. The van der Waals surface area contributed by atoms with E-state index < -0.39 is 0 Å². The largest absolute Gasteiger partial charge is 0.392 e. The topological polar surface area (TPSA) is 53.0 Å². The standard InChI is InChI=1S/C11H22N2O3/c1-3-10(14)8-12-4-5-13(6-7-16-2)11(15)9-12/h10,14H,3-9H2,1-2H3. The third-order valence-electron chi connectivity index (χ3n) is 2.90. The molecule has 0 saturated carbocycles. The lowest BCUT2D eigenvalue weighted by Gasteiger charge is -2.34. The first-order valence-electron chi connectivity index (χ1n) is 5.84. The van der Waals surface area contributed by atoms with Crippen LogP contribution in [-0.4, -0.2) is 73.4 Å². The summed E-state index contributed by atoms with van der Waals surface area (Å²) in [6.45, 7) is 5.79. The quantitative estimate of drug-likeness (QED) is 0.671. The molecule has 1 amide bonds. The molecule has 1 unspecified atom stereocenters. The predicted molar refractivity (Wildman–Crippen MR) is 61.2 cm³/mol. The molecule has 0 radical (unpaired) electrons. The van der Waals surface area contributed by atoms with Crippen molar-refractivity contribution in [3.05, 3.63) is 0 Å². The zero-order valence-corrected chi connectivity index (χ0v) is 10.2. The number of aliphatic hydroxyl groups excluding tert-OH is 1. The summed E-state index contributed by atoms with van der Waals surface area (Å²) in [4.78, 5) is 15.6. The van der Waals surface area contributed by atoms with E-state index in [2.05, 4.69) is 0 Å². The summed E-state index contributed by atoms with van der Waals surface area (Å²) in [6, 6.07) is 0. The van der Waals surface area contributed by atoms with Gasteiger partial charge in [0.25, 0.3) is 0 Å². The molecular weight excluding hydrogens is 208 g/mol. The van der Waals surface area contributed by atoms with Gasteiger partial charge in [0.15, 0.2) is 0 Å². The SMILES string of the molecule is CCC(O)CN1CCN(CCOC)C(=O)C1. The molecule has 1 aliphatic rings. The first kappa shape index (κ1) is 13.4. The number of hydrogen-bond donors (Lipinski definition) is 1. The third-order valence-corrected chi connectivity index (χ3v) is 2.90. The van der Waals surface area contributed by atoms with Crippen molar-refractivity contribution in [2.45, 2.75) is 19.4 Å². The Kier molecular flexibility index (Phi) is 5.73. The molecule has 5 nitrogen and oxygen atoms in total. The number of rotatable bonds is 6. The second-order valence-electron chi connectivity index (χ2n) is 4.17. The Morgan fingerprint density at radius 2 is 2.25 bits per heavy atom. The van der Waals surface area contributed by atoms with Crippen molar-refractivity contribution < 1.29 is 14.6 Å². The van der Waals surface area contributed by atoms with Gasteiger partial charge in [0, 0.05) is 33.3 Å². The minimum absolute atomic E-state index is 0.131. The van der Waals surface area contributed by atoms with E-state index in [0.29, 0.717) is 26.2 Å². The Hall–Kier alpha value is -0.650. The van der Waals surface area contributed by atoms with E-state index >= 15 is 0 Å². The van der Waals surface area contributed by atoms with Crippen molar-refractivity contribution in [2.24, 2.45) is 0 Å². The normalized spacial score (nSPS) is 20.2. The van der Waals surface area contributed by atoms with Crippen LogP contribution in [0.25, 0.3) is 0 Å². The summed E-state index contributed by atoms with van der Waals surface area (Å²) >= 11 is 0. The predicted octanol–water partition coefficient (Wildman–Crippen LogP) is -0.452. The van der Waals surface area contributed by atoms with Gasteiger partial charge in [-0.3, -0.25) is 9.69 Å². The number of β-amino-alcohol motifs (C(OH)–C–C–N with tert-alkyl or cyclic N) is 1. The van der Waals surface area contributed by atoms with Crippen LogP contribution in [0, 0.1) is 0 Å². The molecule has 94 valence electrons. The molecule has 1 saturated heterocycles. The number of amides is 1. The van der Waals surface area contributed by atoms with E-state index in [1.54, 1.807) is 7.11 Å². The van der Waals surface area contributed by atoms with Crippen LogP contribution in [-0.2, 0) is 9.53 Å². The number of piperazine rings is 1. The molecule has 0 spiro atoms. The molecule has 1 aliphatic heterocycles. The molecule has 16 heavy (non-hydrogen) atoms. The van der Waals surface area contributed by atoms with Gasteiger partial charge in [0.1, 0.15) is 0 Å². The van der Waals surface area contributed by atoms with Gasteiger partial charge in [-0.15, -0.1) is 0 Å². The fraction of sp³-hybridized carbons (Fsp3) is 0.909. The van der Waals surface area contributed by atoms with Gasteiger partial charge in [0.05, 0.1) is 19.3 Å². The number of carbonyl (C=O) groups excluding carboxylic acids is 1. The van der Waals surface area contributed by atoms with Crippen LogP contribution >= 0.6 is 0 Å². The highest BCUT2D eigenvalue weighted by Crippen LogP contribution is 2.05. The van der Waals surface area contributed by atoms with E-state index in [1.165, 1.54) is 0 Å². The number of aliphatic hydroxyl groups is 1. The minimum Gasteiger partial charge on any atom is -0.392 e. The lowest BCUT2D eigenvalue weighted by molar-refractivity contribution is -0.137. The number of nitrogens with zero attached hydrogens (tertiary/aromatic N) is 2. The Labute approximate surface area is 97.0 Å². The number of carbonyl (C=O) groups is 1. The Morgan fingerprint density at radius 1 is 1.50 bits per heavy atom. The van der Waals surface area contributed by atoms with Crippen LogP contribution in [0.5, 0.6) is 0 Å². The second-order valence-corrected chi connectivity index (χ2v) is 4.17. The maximum atomic E-state index is 11.7. The summed E-state index contributed by atoms with van der Waals surface area (Å²) < 4.78 is 4.95. The van der Waals surface area contributed by atoms with Crippen molar-refractivity contribution in [1.29, 1.82) is 0 Å². The fourth-order valence-electron chi connectivity index (χ4n) is 1.78. The van der Waals surface area contributed by atoms with Crippen molar-refractivity contribution in [3.63, 3.8) is 0 Å². The summed E-state index contributed by atoms with van der Waals surface area (Å²) in [5, 5.41) is 9.52. The monoisotopic (exact) mass is 230 g/mol.